The van der Waals surface area contributed by atoms with E-state index in [-0.39, 0.29) is 15.4 Å². The van der Waals surface area contributed by atoms with Crippen LogP contribution in [0.15, 0.2) is 18.7 Å². The third-order valence-electron chi connectivity index (χ3n) is 3.28. The van der Waals surface area contributed by atoms with Gasteiger partial charge in [-0.3, -0.25) is 0 Å². The van der Waals surface area contributed by atoms with Gasteiger partial charge in [0.1, 0.15) is 5.91 Å². The molecule has 0 amide bonds. The fourth-order valence-electron chi connectivity index (χ4n) is 2.37. The number of imidazole rings is 1. The van der Waals surface area contributed by atoms with Crippen LogP contribution in [-0.4, -0.2) is 38.2 Å². The van der Waals surface area contributed by atoms with Crippen LogP contribution in [0.5, 0.6) is 0 Å². The van der Waals surface area contributed by atoms with Crippen molar-refractivity contribution >= 4 is 9.52 Å². The van der Waals surface area contributed by atoms with E-state index in [1.807, 2.05) is 32.6 Å². The first kappa shape index (κ1) is 16.4. The second kappa shape index (κ2) is 10.2. The molecule has 1 aromatic heterocycles. The molecule has 0 aliphatic rings. The van der Waals surface area contributed by atoms with E-state index in [9.17, 15) is 0 Å². The second-order valence-electron chi connectivity index (χ2n) is 4.82. The first-order chi connectivity index (χ1) is 9.30. The quantitative estimate of drug-likeness (QED) is 0.462. The Morgan fingerprint density at radius 1 is 1.16 bits per heavy atom. The van der Waals surface area contributed by atoms with Crippen molar-refractivity contribution in [2.75, 3.05) is 13.2 Å². The zero-order valence-corrected chi connectivity index (χ0v) is 14.0. The zero-order chi connectivity index (χ0) is 13.9. The van der Waals surface area contributed by atoms with Crippen molar-refractivity contribution in [2.45, 2.75) is 58.0 Å². The highest BCUT2D eigenvalue weighted by Crippen LogP contribution is 2.20. The van der Waals surface area contributed by atoms with Gasteiger partial charge < -0.3 is 14.0 Å². The Balaban J connectivity index is 2.40. The monoisotopic (exact) mass is 284 g/mol. The Morgan fingerprint density at radius 2 is 1.89 bits per heavy atom. The first-order valence-electron chi connectivity index (χ1n) is 7.49. The van der Waals surface area contributed by atoms with Gasteiger partial charge in [0.25, 0.3) is 0 Å². The van der Waals surface area contributed by atoms with Gasteiger partial charge in [-0.2, -0.15) is 0 Å². The summed E-state index contributed by atoms with van der Waals surface area (Å²) in [5.41, 5.74) is 0.787. The van der Waals surface area contributed by atoms with Crippen LogP contribution in [-0.2, 0) is 16.0 Å². The molecule has 4 nitrogen and oxygen atoms in total. The highest BCUT2D eigenvalue weighted by Gasteiger charge is 2.17. The molecule has 1 rings (SSSR count). The minimum absolute atomic E-state index is 0.0920. The number of hydrogen-bond acceptors (Lipinski definition) is 3. The maximum absolute atomic E-state index is 5.72. The van der Waals surface area contributed by atoms with E-state index >= 15 is 0 Å². The third-order valence-corrected chi connectivity index (χ3v) is 5.62. The maximum Gasteiger partial charge on any atom is 0.135 e. The fourth-order valence-corrected chi connectivity index (χ4v) is 4.72. The molecule has 1 aromatic rings. The average Bonchev–Trinajstić information content (AvgIpc) is 2.90. The molecule has 0 saturated carbocycles. The van der Waals surface area contributed by atoms with Gasteiger partial charge in [0.05, 0.1) is 15.8 Å². The molecule has 0 aromatic carbocycles. The highest BCUT2D eigenvalue weighted by molar-refractivity contribution is 6.38. The molecule has 5 heteroatoms. The lowest BCUT2D eigenvalue weighted by Crippen LogP contribution is -2.28. The normalized spacial score (nSPS) is 13.7. The van der Waals surface area contributed by atoms with Gasteiger partial charge in [-0.25, -0.2) is 4.98 Å². The van der Waals surface area contributed by atoms with Gasteiger partial charge >= 0.3 is 0 Å². The van der Waals surface area contributed by atoms with Gasteiger partial charge in [-0.05, 0) is 25.8 Å². The standard InChI is InChI=1S/C14H28N2O2Si/c1-4-7-13(8-10-16-11-9-15-12-16)19-14(17-5-2)18-6-3/h9,11-14H,4-8,10,19H2,1-3H3. The van der Waals surface area contributed by atoms with E-state index in [0.29, 0.717) is 0 Å². The van der Waals surface area contributed by atoms with E-state index in [2.05, 4.69) is 16.5 Å². The molecular weight excluding hydrogens is 256 g/mol. The van der Waals surface area contributed by atoms with E-state index < -0.39 is 0 Å². The average molecular weight is 284 g/mol. The molecule has 0 spiro atoms. The van der Waals surface area contributed by atoms with E-state index in [1.165, 1.54) is 19.3 Å². The first-order valence-corrected chi connectivity index (χ1v) is 9.12. The molecule has 1 heterocycles. The van der Waals surface area contributed by atoms with Crippen LogP contribution in [0.25, 0.3) is 0 Å². The van der Waals surface area contributed by atoms with Crippen molar-refractivity contribution in [3.8, 4) is 0 Å². The van der Waals surface area contributed by atoms with Crippen molar-refractivity contribution in [3.63, 3.8) is 0 Å². The van der Waals surface area contributed by atoms with Crippen LogP contribution in [0.1, 0.15) is 40.0 Å². The summed E-state index contributed by atoms with van der Waals surface area (Å²) < 4.78 is 13.6. The Kier molecular flexibility index (Phi) is 8.78. The minimum atomic E-state index is -0.371. The minimum Gasteiger partial charge on any atom is -0.357 e. The molecule has 0 N–H and O–H groups in total. The summed E-state index contributed by atoms with van der Waals surface area (Å²) >= 11 is 0. The van der Waals surface area contributed by atoms with Gasteiger partial charge in [-0.1, -0.05) is 19.8 Å². The number of nitrogens with zero attached hydrogens (tertiary/aromatic N) is 2. The smallest absolute Gasteiger partial charge is 0.135 e. The Hall–Kier alpha value is -0.653. The summed E-state index contributed by atoms with van der Waals surface area (Å²) in [6, 6.07) is 0. The van der Waals surface area contributed by atoms with E-state index in [1.54, 1.807) is 0 Å². The largest absolute Gasteiger partial charge is 0.357 e. The van der Waals surface area contributed by atoms with Crippen molar-refractivity contribution in [1.82, 2.24) is 9.55 Å². The van der Waals surface area contributed by atoms with Gasteiger partial charge in [0, 0.05) is 32.2 Å². The number of rotatable bonds is 11. The Labute approximate surface area is 119 Å². The predicted octanol–water partition coefficient (Wildman–Crippen LogP) is 2.39. The summed E-state index contributed by atoms with van der Waals surface area (Å²) in [6.45, 7) is 8.90. The second-order valence-corrected chi connectivity index (χ2v) is 7.11. The van der Waals surface area contributed by atoms with Crippen LogP contribution in [0, 0.1) is 0 Å². The lowest BCUT2D eigenvalue weighted by molar-refractivity contribution is -0.0835. The number of aromatic nitrogens is 2. The van der Waals surface area contributed by atoms with E-state index in [4.69, 9.17) is 9.47 Å². The molecule has 1 atom stereocenters. The van der Waals surface area contributed by atoms with Crippen molar-refractivity contribution in [2.24, 2.45) is 0 Å². The van der Waals surface area contributed by atoms with Crippen LogP contribution in [0.3, 0.4) is 0 Å². The third kappa shape index (κ3) is 6.89. The van der Waals surface area contributed by atoms with Crippen LogP contribution < -0.4 is 0 Å². The lowest BCUT2D eigenvalue weighted by atomic mass is 10.2. The van der Waals surface area contributed by atoms with Gasteiger partial charge in [-0.15, -0.1) is 0 Å². The number of aryl methyl sites for hydroxylation is 1. The predicted molar refractivity (Wildman–Crippen MR) is 81.1 cm³/mol. The van der Waals surface area contributed by atoms with Crippen molar-refractivity contribution < 1.29 is 9.47 Å². The van der Waals surface area contributed by atoms with Gasteiger partial charge in [0.15, 0.2) is 0 Å². The maximum atomic E-state index is 5.72. The van der Waals surface area contributed by atoms with Crippen LogP contribution >= 0.6 is 0 Å². The van der Waals surface area contributed by atoms with Crippen molar-refractivity contribution in [3.05, 3.63) is 18.7 Å². The molecule has 0 radical (unpaired) electrons. The summed E-state index contributed by atoms with van der Waals surface area (Å²) in [4.78, 5) is 4.09. The highest BCUT2D eigenvalue weighted by atomic mass is 28.2. The fraction of sp³-hybridized carbons (Fsp3) is 0.786. The van der Waals surface area contributed by atoms with E-state index in [0.717, 1.165) is 25.3 Å². The number of ether oxygens (including phenoxy) is 2. The lowest BCUT2D eigenvalue weighted by Gasteiger charge is -2.22. The summed E-state index contributed by atoms with van der Waals surface area (Å²) in [5, 5.41) is 0. The summed E-state index contributed by atoms with van der Waals surface area (Å²) in [5.74, 6) is 0.0920. The molecule has 19 heavy (non-hydrogen) atoms. The zero-order valence-electron chi connectivity index (χ0n) is 12.5. The Bertz CT molecular complexity index is 300. The molecule has 0 aliphatic heterocycles. The van der Waals surface area contributed by atoms with Crippen LogP contribution in [0.4, 0.5) is 0 Å². The Morgan fingerprint density at radius 3 is 2.42 bits per heavy atom. The molecule has 1 unspecified atom stereocenters. The van der Waals surface area contributed by atoms with Crippen LogP contribution in [0.2, 0.25) is 5.54 Å². The SMILES string of the molecule is CCCC(CCn1ccnc1)[SiH2]C(OCC)OCC. The summed E-state index contributed by atoms with van der Waals surface area (Å²) in [7, 11) is -0.371. The summed E-state index contributed by atoms with van der Waals surface area (Å²) in [6.07, 6.45) is 9.52. The number of hydrogen-bond donors (Lipinski definition) is 0. The molecular formula is C14H28N2O2Si. The molecule has 0 aliphatic carbocycles. The molecule has 0 saturated heterocycles. The van der Waals surface area contributed by atoms with Crippen molar-refractivity contribution in [1.29, 1.82) is 0 Å². The molecule has 110 valence electrons. The molecule has 0 bridgehead atoms. The molecule has 0 fully saturated rings. The van der Waals surface area contributed by atoms with Gasteiger partial charge in [0.2, 0.25) is 0 Å². The topological polar surface area (TPSA) is 36.3 Å².